The van der Waals surface area contributed by atoms with Crippen LogP contribution in [0.25, 0.3) is 6.08 Å². The van der Waals surface area contributed by atoms with Crippen LogP contribution in [0.1, 0.15) is 43.2 Å². The van der Waals surface area contributed by atoms with Crippen LogP contribution >= 0.6 is 39.1 Å². The van der Waals surface area contributed by atoms with Crippen LogP contribution in [0.2, 0.25) is 10.0 Å². The predicted octanol–water partition coefficient (Wildman–Crippen LogP) is 6.13. The summed E-state index contributed by atoms with van der Waals surface area (Å²) in [6.45, 7) is 0.167. The Labute approximate surface area is 210 Å². The molecule has 9 heteroatoms. The third-order valence-electron chi connectivity index (χ3n) is 5.74. The normalized spacial score (nSPS) is 18.6. The maximum Gasteiger partial charge on any atom is 0.331 e. The molecule has 6 nitrogen and oxygen atoms in total. The molecule has 1 aliphatic carbocycles. The lowest BCUT2D eigenvalue weighted by atomic mass is 9.93. The molecule has 1 saturated heterocycles. The SMILES string of the molecule is O=C1NC(=O)N(C2CCCCC2)C(=O)C1=Cc1cc(Br)ccc1OCc1ccc(Cl)cc1Cl. The average Bonchev–Trinajstić information content (AvgIpc) is 2.77. The van der Waals surface area contributed by atoms with Gasteiger partial charge in [-0.3, -0.25) is 19.8 Å². The summed E-state index contributed by atoms with van der Waals surface area (Å²) in [5, 5.41) is 3.31. The van der Waals surface area contributed by atoms with E-state index in [1.54, 1.807) is 36.4 Å². The summed E-state index contributed by atoms with van der Waals surface area (Å²) >= 11 is 15.6. The average molecular weight is 552 g/mol. The standard InChI is InChI=1S/C24H21BrCl2N2O4/c25-16-7-9-21(33-13-14-6-8-17(26)12-20(14)27)15(10-16)11-19-22(30)28-24(32)29(23(19)31)18-4-2-1-3-5-18/h6-12,18H,1-5,13H2,(H,28,30,32). The maximum atomic E-state index is 13.2. The van der Waals surface area contributed by atoms with Gasteiger partial charge in [0.25, 0.3) is 11.8 Å². The second-order valence-electron chi connectivity index (χ2n) is 7.99. The van der Waals surface area contributed by atoms with E-state index in [2.05, 4.69) is 21.2 Å². The number of carbonyl (C=O) groups is 3. The first kappa shape index (κ1) is 23.8. The van der Waals surface area contributed by atoms with Gasteiger partial charge in [0, 0.05) is 31.7 Å². The van der Waals surface area contributed by atoms with E-state index in [-0.39, 0.29) is 18.2 Å². The molecule has 1 saturated carbocycles. The van der Waals surface area contributed by atoms with Crippen LogP contribution in [0, 0.1) is 0 Å². The number of barbiturate groups is 1. The highest BCUT2D eigenvalue weighted by atomic mass is 79.9. The van der Waals surface area contributed by atoms with Crippen LogP contribution < -0.4 is 10.1 Å². The molecule has 4 amide bonds. The molecule has 2 aromatic carbocycles. The predicted molar refractivity (Wildman–Crippen MR) is 130 cm³/mol. The number of hydrogen-bond donors (Lipinski definition) is 1. The molecule has 0 atom stereocenters. The van der Waals surface area contributed by atoms with Gasteiger partial charge in [-0.1, -0.05) is 64.5 Å². The Kier molecular flexibility index (Phi) is 7.41. The molecule has 2 aliphatic rings. The first-order valence-corrected chi connectivity index (χ1v) is 12.1. The molecular weight excluding hydrogens is 531 g/mol. The number of carbonyl (C=O) groups excluding carboxylic acids is 3. The van der Waals surface area contributed by atoms with Crippen molar-refractivity contribution in [3.63, 3.8) is 0 Å². The number of benzene rings is 2. The fourth-order valence-electron chi connectivity index (χ4n) is 4.06. The van der Waals surface area contributed by atoms with Crippen LogP contribution in [0.3, 0.4) is 0 Å². The van der Waals surface area contributed by atoms with Gasteiger partial charge in [-0.05, 0) is 49.2 Å². The second kappa shape index (κ2) is 10.3. The topological polar surface area (TPSA) is 75.7 Å². The first-order chi connectivity index (χ1) is 15.8. The highest BCUT2D eigenvalue weighted by Gasteiger charge is 2.40. The van der Waals surface area contributed by atoms with Crippen LogP contribution in [-0.2, 0) is 16.2 Å². The van der Waals surface area contributed by atoms with E-state index >= 15 is 0 Å². The molecule has 1 heterocycles. The highest BCUT2D eigenvalue weighted by molar-refractivity contribution is 9.10. The van der Waals surface area contributed by atoms with E-state index in [1.807, 2.05) is 0 Å². The summed E-state index contributed by atoms with van der Waals surface area (Å²) in [4.78, 5) is 39.4. The number of imide groups is 2. The van der Waals surface area contributed by atoms with E-state index in [0.717, 1.165) is 42.1 Å². The zero-order valence-corrected chi connectivity index (χ0v) is 20.7. The number of halogens is 3. The van der Waals surface area contributed by atoms with Crippen molar-refractivity contribution in [1.82, 2.24) is 10.2 Å². The van der Waals surface area contributed by atoms with E-state index in [4.69, 9.17) is 27.9 Å². The Morgan fingerprint density at radius 1 is 1.06 bits per heavy atom. The van der Waals surface area contributed by atoms with E-state index < -0.39 is 17.8 Å². The van der Waals surface area contributed by atoms with Crippen molar-refractivity contribution in [3.8, 4) is 5.75 Å². The number of nitrogens with one attached hydrogen (secondary N) is 1. The Bertz CT molecular complexity index is 1150. The van der Waals surface area contributed by atoms with Crippen molar-refractivity contribution >= 4 is 63.1 Å². The van der Waals surface area contributed by atoms with Gasteiger partial charge >= 0.3 is 6.03 Å². The molecule has 4 rings (SSSR count). The van der Waals surface area contributed by atoms with Gasteiger partial charge in [0.1, 0.15) is 17.9 Å². The maximum absolute atomic E-state index is 13.2. The molecular formula is C24H21BrCl2N2O4. The summed E-state index contributed by atoms with van der Waals surface area (Å²) in [5.41, 5.74) is 1.15. The van der Waals surface area contributed by atoms with Crippen molar-refractivity contribution in [2.24, 2.45) is 0 Å². The summed E-state index contributed by atoms with van der Waals surface area (Å²) in [6, 6.07) is 9.54. The molecule has 0 spiro atoms. The van der Waals surface area contributed by atoms with E-state index in [1.165, 1.54) is 11.0 Å². The number of hydrogen-bond acceptors (Lipinski definition) is 4. The smallest absolute Gasteiger partial charge is 0.331 e. The minimum atomic E-state index is -0.719. The third kappa shape index (κ3) is 5.42. The molecule has 0 radical (unpaired) electrons. The summed E-state index contributed by atoms with van der Waals surface area (Å²) in [5.74, 6) is -0.843. The van der Waals surface area contributed by atoms with Gasteiger partial charge in [0.2, 0.25) is 0 Å². The van der Waals surface area contributed by atoms with Crippen molar-refractivity contribution in [2.75, 3.05) is 0 Å². The van der Waals surface area contributed by atoms with Crippen LogP contribution in [0.4, 0.5) is 4.79 Å². The molecule has 2 aromatic rings. The summed E-state index contributed by atoms with van der Waals surface area (Å²) in [7, 11) is 0. The number of nitrogens with zero attached hydrogens (tertiary/aromatic N) is 1. The van der Waals surface area contributed by atoms with Gasteiger partial charge in [-0.15, -0.1) is 0 Å². The van der Waals surface area contributed by atoms with Crippen molar-refractivity contribution in [3.05, 3.63) is 67.6 Å². The van der Waals surface area contributed by atoms with E-state index in [0.29, 0.717) is 21.4 Å². The van der Waals surface area contributed by atoms with Crippen LogP contribution in [0.5, 0.6) is 5.75 Å². The molecule has 0 unspecified atom stereocenters. The van der Waals surface area contributed by atoms with Crippen LogP contribution in [0.15, 0.2) is 46.4 Å². The molecule has 33 heavy (non-hydrogen) atoms. The number of urea groups is 1. The summed E-state index contributed by atoms with van der Waals surface area (Å²) < 4.78 is 6.70. The Balaban J connectivity index is 1.62. The van der Waals surface area contributed by atoms with Crippen molar-refractivity contribution in [2.45, 2.75) is 44.8 Å². The summed E-state index contributed by atoms with van der Waals surface area (Å²) in [6.07, 6.45) is 5.93. The minimum Gasteiger partial charge on any atom is -0.488 e. The quantitative estimate of drug-likeness (QED) is 0.358. The van der Waals surface area contributed by atoms with E-state index in [9.17, 15) is 14.4 Å². The van der Waals surface area contributed by atoms with Gasteiger partial charge in [-0.2, -0.15) is 0 Å². The Hall–Kier alpha value is -2.35. The van der Waals surface area contributed by atoms with Gasteiger partial charge < -0.3 is 4.74 Å². The monoisotopic (exact) mass is 550 g/mol. The number of amides is 4. The third-order valence-corrected chi connectivity index (χ3v) is 6.82. The Morgan fingerprint density at radius 2 is 1.82 bits per heavy atom. The lowest BCUT2D eigenvalue weighted by Crippen LogP contribution is -2.58. The van der Waals surface area contributed by atoms with Gasteiger partial charge in [0.05, 0.1) is 0 Å². The number of ether oxygens (including phenoxy) is 1. The fourth-order valence-corrected chi connectivity index (χ4v) is 4.90. The molecule has 2 fully saturated rings. The fraction of sp³-hybridized carbons (Fsp3) is 0.292. The number of rotatable bonds is 5. The Morgan fingerprint density at radius 3 is 2.55 bits per heavy atom. The zero-order valence-electron chi connectivity index (χ0n) is 17.6. The van der Waals surface area contributed by atoms with Gasteiger partial charge in [-0.25, -0.2) is 4.79 Å². The molecule has 172 valence electrons. The molecule has 0 aromatic heterocycles. The van der Waals surface area contributed by atoms with Crippen molar-refractivity contribution in [1.29, 1.82) is 0 Å². The zero-order chi connectivity index (χ0) is 23.5. The highest BCUT2D eigenvalue weighted by Crippen LogP contribution is 2.30. The minimum absolute atomic E-state index is 0.104. The van der Waals surface area contributed by atoms with Crippen LogP contribution in [-0.4, -0.2) is 28.8 Å². The first-order valence-electron chi connectivity index (χ1n) is 10.6. The molecule has 1 aliphatic heterocycles. The lowest BCUT2D eigenvalue weighted by molar-refractivity contribution is -0.132. The molecule has 1 N–H and O–H groups in total. The van der Waals surface area contributed by atoms with Crippen molar-refractivity contribution < 1.29 is 19.1 Å². The van der Waals surface area contributed by atoms with Gasteiger partial charge in [0.15, 0.2) is 0 Å². The second-order valence-corrected chi connectivity index (χ2v) is 9.75. The molecule has 0 bridgehead atoms. The largest absolute Gasteiger partial charge is 0.488 e. The lowest BCUT2D eigenvalue weighted by Gasteiger charge is -2.35.